The SMILES string of the molecule is CN[C@H](Cc1c(C(=O)O)cnn1C)C(=O)O. The zero-order valence-corrected chi connectivity index (χ0v) is 8.97. The number of carboxylic acids is 2. The summed E-state index contributed by atoms with van der Waals surface area (Å²) in [6.45, 7) is 0. The van der Waals surface area contributed by atoms with E-state index in [2.05, 4.69) is 10.4 Å². The Morgan fingerprint density at radius 1 is 1.56 bits per heavy atom. The Hall–Kier alpha value is -1.89. The molecule has 3 N–H and O–H groups in total. The normalized spacial score (nSPS) is 12.4. The molecular formula is C9H13N3O4. The van der Waals surface area contributed by atoms with E-state index in [-0.39, 0.29) is 12.0 Å². The van der Waals surface area contributed by atoms with E-state index in [0.29, 0.717) is 5.69 Å². The Kier molecular flexibility index (Phi) is 3.62. The second-order valence-corrected chi connectivity index (χ2v) is 3.32. The lowest BCUT2D eigenvalue weighted by molar-refractivity contribution is -0.139. The van der Waals surface area contributed by atoms with Gasteiger partial charge in [0, 0.05) is 13.5 Å². The predicted molar refractivity (Wildman–Crippen MR) is 54.4 cm³/mol. The maximum absolute atomic E-state index is 10.9. The van der Waals surface area contributed by atoms with Crippen LogP contribution in [0.15, 0.2) is 6.20 Å². The van der Waals surface area contributed by atoms with Crippen molar-refractivity contribution in [1.82, 2.24) is 15.1 Å². The molecule has 1 aromatic rings. The molecule has 7 heteroatoms. The Balaban J connectivity index is 2.99. The quantitative estimate of drug-likeness (QED) is 0.616. The van der Waals surface area contributed by atoms with Gasteiger partial charge in [0.15, 0.2) is 0 Å². The van der Waals surface area contributed by atoms with E-state index in [4.69, 9.17) is 10.2 Å². The van der Waals surface area contributed by atoms with Gasteiger partial charge in [-0.05, 0) is 7.05 Å². The number of aromatic nitrogens is 2. The summed E-state index contributed by atoms with van der Waals surface area (Å²) in [5, 5.41) is 24.1. The molecule has 0 radical (unpaired) electrons. The molecule has 1 atom stereocenters. The summed E-state index contributed by atoms with van der Waals surface area (Å²) in [7, 11) is 3.09. The molecule has 16 heavy (non-hydrogen) atoms. The number of nitrogens with one attached hydrogen (secondary N) is 1. The van der Waals surface area contributed by atoms with Crippen LogP contribution in [0.3, 0.4) is 0 Å². The van der Waals surface area contributed by atoms with Crippen LogP contribution in [0.4, 0.5) is 0 Å². The zero-order valence-electron chi connectivity index (χ0n) is 8.97. The first-order valence-electron chi connectivity index (χ1n) is 4.61. The monoisotopic (exact) mass is 227 g/mol. The Morgan fingerprint density at radius 2 is 2.19 bits per heavy atom. The number of nitrogens with zero attached hydrogens (tertiary/aromatic N) is 2. The van der Waals surface area contributed by atoms with E-state index in [0.717, 1.165) is 0 Å². The highest BCUT2D eigenvalue weighted by Gasteiger charge is 2.22. The molecule has 0 spiro atoms. The number of carboxylic acid groups (broad SMARTS) is 2. The number of carbonyl (C=O) groups is 2. The molecule has 0 aromatic carbocycles. The first-order valence-corrected chi connectivity index (χ1v) is 4.61. The third-order valence-electron chi connectivity index (χ3n) is 2.34. The van der Waals surface area contributed by atoms with Gasteiger partial charge in [-0.25, -0.2) is 4.79 Å². The van der Waals surface area contributed by atoms with Gasteiger partial charge >= 0.3 is 11.9 Å². The van der Waals surface area contributed by atoms with E-state index in [1.165, 1.54) is 17.9 Å². The number of aryl methyl sites for hydroxylation is 1. The largest absolute Gasteiger partial charge is 0.480 e. The minimum Gasteiger partial charge on any atom is -0.480 e. The molecule has 0 aliphatic rings. The van der Waals surface area contributed by atoms with Gasteiger partial charge in [-0.3, -0.25) is 9.48 Å². The standard InChI is InChI=1S/C9H13N3O4/c1-10-6(9(15)16)3-7-5(8(13)14)4-11-12(7)2/h4,6,10H,3H2,1-2H3,(H,13,14)(H,15,16)/t6-/m1/s1. The topological polar surface area (TPSA) is 104 Å². The highest BCUT2D eigenvalue weighted by atomic mass is 16.4. The third-order valence-corrected chi connectivity index (χ3v) is 2.34. The maximum Gasteiger partial charge on any atom is 0.339 e. The summed E-state index contributed by atoms with van der Waals surface area (Å²) in [5.41, 5.74) is 0.415. The van der Waals surface area contributed by atoms with Crippen molar-refractivity contribution in [2.24, 2.45) is 7.05 Å². The number of hydrogen-bond acceptors (Lipinski definition) is 4. The molecule has 0 saturated carbocycles. The first-order chi connectivity index (χ1) is 7.47. The second-order valence-electron chi connectivity index (χ2n) is 3.32. The molecular weight excluding hydrogens is 214 g/mol. The van der Waals surface area contributed by atoms with Crippen molar-refractivity contribution in [2.45, 2.75) is 12.5 Å². The molecule has 1 heterocycles. The fourth-order valence-corrected chi connectivity index (χ4v) is 1.39. The van der Waals surface area contributed by atoms with Crippen LogP contribution < -0.4 is 5.32 Å². The van der Waals surface area contributed by atoms with Crippen LogP contribution in [-0.4, -0.2) is 45.0 Å². The summed E-state index contributed by atoms with van der Waals surface area (Å²) >= 11 is 0. The highest BCUT2D eigenvalue weighted by molar-refractivity contribution is 5.89. The Morgan fingerprint density at radius 3 is 2.62 bits per heavy atom. The van der Waals surface area contributed by atoms with Crippen molar-refractivity contribution in [3.63, 3.8) is 0 Å². The van der Waals surface area contributed by atoms with Crippen LogP contribution in [0.2, 0.25) is 0 Å². The number of hydrogen-bond donors (Lipinski definition) is 3. The Labute approximate surface area is 91.7 Å². The van der Waals surface area contributed by atoms with Gasteiger partial charge in [0.2, 0.25) is 0 Å². The van der Waals surface area contributed by atoms with Gasteiger partial charge < -0.3 is 15.5 Å². The number of aliphatic carboxylic acids is 1. The smallest absolute Gasteiger partial charge is 0.339 e. The minimum atomic E-state index is -1.11. The fraction of sp³-hybridized carbons (Fsp3) is 0.444. The van der Waals surface area contributed by atoms with E-state index < -0.39 is 18.0 Å². The molecule has 0 amide bonds. The average Bonchev–Trinajstić information content (AvgIpc) is 2.56. The molecule has 1 rings (SSSR count). The third kappa shape index (κ3) is 2.37. The van der Waals surface area contributed by atoms with Crippen molar-refractivity contribution in [1.29, 1.82) is 0 Å². The molecule has 0 aliphatic heterocycles. The van der Waals surface area contributed by atoms with E-state index in [9.17, 15) is 9.59 Å². The van der Waals surface area contributed by atoms with Crippen LogP contribution in [0.25, 0.3) is 0 Å². The Bertz CT molecular complexity index is 413. The van der Waals surface area contributed by atoms with Crippen LogP contribution >= 0.6 is 0 Å². The van der Waals surface area contributed by atoms with Gasteiger partial charge in [0.25, 0.3) is 0 Å². The lowest BCUT2D eigenvalue weighted by atomic mass is 10.1. The van der Waals surface area contributed by atoms with Crippen LogP contribution in [0.1, 0.15) is 16.1 Å². The van der Waals surface area contributed by atoms with Crippen LogP contribution in [0.5, 0.6) is 0 Å². The predicted octanol–water partition coefficient (Wildman–Crippen LogP) is -0.667. The van der Waals surface area contributed by atoms with E-state index in [1.807, 2.05) is 0 Å². The highest BCUT2D eigenvalue weighted by Crippen LogP contribution is 2.10. The fourth-order valence-electron chi connectivity index (χ4n) is 1.39. The zero-order chi connectivity index (χ0) is 12.3. The lowest BCUT2D eigenvalue weighted by Gasteiger charge is -2.11. The van der Waals surface area contributed by atoms with Gasteiger partial charge in [0.1, 0.15) is 11.6 Å². The van der Waals surface area contributed by atoms with E-state index in [1.54, 1.807) is 7.05 Å². The molecule has 0 fully saturated rings. The summed E-state index contributed by atoms with van der Waals surface area (Å²) in [6.07, 6.45) is 1.29. The second kappa shape index (κ2) is 4.75. The molecule has 1 aromatic heterocycles. The summed E-state index contributed by atoms with van der Waals surface area (Å²) in [6, 6.07) is -0.825. The molecule has 0 unspecified atom stereocenters. The van der Waals surface area contributed by atoms with Gasteiger partial charge in [-0.1, -0.05) is 0 Å². The molecule has 0 aliphatic carbocycles. The van der Waals surface area contributed by atoms with Gasteiger partial charge in [0.05, 0.1) is 11.9 Å². The average molecular weight is 227 g/mol. The number of likely N-dealkylation sites (N-methyl/N-ethyl adjacent to an activating group) is 1. The van der Waals surface area contributed by atoms with Crippen molar-refractivity contribution in [3.05, 3.63) is 17.5 Å². The summed E-state index contributed by atoms with van der Waals surface area (Å²) in [5.74, 6) is -2.14. The summed E-state index contributed by atoms with van der Waals surface area (Å²) in [4.78, 5) is 21.7. The minimum absolute atomic E-state index is 0.0315. The van der Waals surface area contributed by atoms with Crippen molar-refractivity contribution < 1.29 is 19.8 Å². The van der Waals surface area contributed by atoms with Crippen LogP contribution in [-0.2, 0) is 18.3 Å². The van der Waals surface area contributed by atoms with Gasteiger partial charge in [-0.2, -0.15) is 5.10 Å². The summed E-state index contributed by atoms with van der Waals surface area (Å²) < 4.78 is 1.37. The molecule has 0 saturated heterocycles. The van der Waals surface area contributed by atoms with Crippen LogP contribution in [0, 0.1) is 0 Å². The van der Waals surface area contributed by atoms with Crippen molar-refractivity contribution >= 4 is 11.9 Å². The van der Waals surface area contributed by atoms with E-state index >= 15 is 0 Å². The van der Waals surface area contributed by atoms with Gasteiger partial charge in [-0.15, -0.1) is 0 Å². The maximum atomic E-state index is 10.9. The lowest BCUT2D eigenvalue weighted by Crippen LogP contribution is -2.36. The first kappa shape index (κ1) is 12.2. The van der Waals surface area contributed by atoms with Crippen molar-refractivity contribution in [3.8, 4) is 0 Å². The number of aromatic carboxylic acids is 1. The van der Waals surface area contributed by atoms with Crippen molar-refractivity contribution in [2.75, 3.05) is 7.05 Å². The number of rotatable bonds is 5. The molecule has 88 valence electrons. The molecule has 0 bridgehead atoms. The molecule has 7 nitrogen and oxygen atoms in total.